The molecule has 18 heavy (non-hydrogen) atoms. The van der Waals surface area contributed by atoms with Gasteiger partial charge in [0.15, 0.2) is 0 Å². The summed E-state index contributed by atoms with van der Waals surface area (Å²) < 4.78 is 56.5. The molecule has 1 aromatic rings. The lowest BCUT2D eigenvalue weighted by Gasteiger charge is -2.23. The van der Waals surface area contributed by atoms with Gasteiger partial charge < -0.3 is 4.74 Å². The van der Waals surface area contributed by atoms with Crippen LogP contribution in [0, 0.1) is 6.92 Å². The van der Waals surface area contributed by atoms with Crippen molar-refractivity contribution >= 4 is 15.9 Å². The van der Waals surface area contributed by atoms with Gasteiger partial charge in [0.25, 0.3) is 0 Å². The summed E-state index contributed by atoms with van der Waals surface area (Å²) in [5.41, 5.74) is 0.727. The zero-order chi connectivity index (χ0) is 13.9. The average Bonchev–Trinajstić information content (AvgIpc) is 2.30. The van der Waals surface area contributed by atoms with Gasteiger partial charge in [-0.2, -0.15) is 8.78 Å². The van der Waals surface area contributed by atoms with Crippen molar-refractivity contribution in [1.29, 1.82) is 0 Å². The summed E-state index contributed by atoms with van der Waals surface area (Å²) >= 11 is 2.65. The first kappa shape index (κ1) is 15.3. The van der Waals surface area contributed by atoms with Crippen LogP contribution in [-0.4, -0.2) is 19.0 Å². The van der Waals surface area contributed by atoms with Crippen LogP contribution in [0.3, 0.4) is 0 Å². The van der Waals surface area contributed by atoms with Crippen molar-refractivity contribution < 1.29 is 22.3 Å². The van der Waals surface area contributed by atoms with E-state index in [2.05, 4.69) is 15.9 Å². The van der Waals surface area contributed by atoms with Gasteiger partial charge in [0.1, 0.15) is 10.6 Å². The first-order chi connectivity index (χ1) is 8.30. The summed E-state index contributed by atoms with van der Waals surface area (Å²) in [6.07, 6.45) is -3.74. The Labute approximate surface area is 111 Å². The molecule has 0 aliphatic rings. The summed E-state index contributed by atoms with van der Waals surface area (Å²) in [6, 6.07) is 4.60. The molecule has 1 aromatic carbocycles. The summed E-state index contributed by atoms with van der Waals surface area (Å²) in [5.74, 6) is -3.97. The predicted octanol–water partition coefficient (Wildman–Crippen LogP) is 4.73. The van der Waals surface area contributed by atoms with Crippen LogP contribution in [0.2, 0.25) is 0 Å². The highest BCUT2D eigenvalue weighted by Crippen LogP contribution is 2.45. The molecule has 1 rings (SSSR count). The number of ether oxygens (including phenoxy) is 1. The van der Waals surface area contributed by atoms with Gasteiger partial charge in [-0.15, -0.1) is 0 Å². The van der Waals surface area contributed by atoms with Gasteiger partial charge in [-0.3, -0.25) is 0 Å². The van der Waals surface area contributed by atoms with E-state index >= 15 is 0 Å². The zero-order valence-electron chi connectivity index (χ0n) is 9.89. The molecule has 0 fully saturated rings. The maximum Gasteiger partial charge on any atom is 0.323 e. The lowest BCUT2D eigenvalue weighted by atomic mass is 10.0. The van der Waals surface area contributed by atoms with Crippen LogP contribution in [-0.2, 0) is 0 Å². The zero-order valence-corrected chi connectivity index (χ0v) is 11.5. The van der Waals surface area contributed by atoms with Crippen LogP contribution in [0.25, 0.3) is 0 Å². The molecule has 0 radical (unpaired) electrons. The first-order valence-corrected chi connectivity index (χ1v) is 6.25. The lowest BCUT2D eigenvalue weighted by Crippen LogP contribution is -2.31. The fourth-order valence-corrected chi connectivity index (χ4v) is 2.03. The Balaban J connectivity index is 3.18. The fraction of sp³-hybridized carbons (Fsp3) is 0.500. The third-order valence-corrected chi connectivity index (χ3v) is 3.47. The van der Waals surface area contributed by atoms with Gasteiger partial charge in [-0.1, -0.05) is 33.6 Å². The summed E-state index contributed by atoms with van der Waals surface area (Å²) in [4.78, 5) is -1.79. The van der Waals surface area contributed by atoms with Crippen LogP contribution in [0.15, 0.2) is 18.2 Å². The molecule has 102 valence electrons. The van der Waals surface area contributed by atoms with Gasteiger partial charge in [-0.05, 0) is 19.9 Å². The van der Waals surface area contributed by atoms with E-state index in [1.807, 2.05) is 0 Å². The van der Waals surface area contributed by atoms with Gasteiger partial charge >= 0.3 is 12.3 Å². The maximum absolute atomic E-state index is 13.3. The minimum absolute atomic E-state index is 0.0298. The number of rotatable bonds is 5. The molecule has 0 saturated heterocycles. The van der Waals surface area contributed by atoms with Crippen LogP contribution in [0.4, 0.5) is 17.6 Å². The Bertz CT molecular complexity index is 409. The molecule has 0 amide bonds. The molecule has 0 bridgehead atoms. The molecule has 0 heterocycles. The van der Waals surface area contributed by atoms with E-state index in [4.69, 9.17) is 4.74 Å². The van der Waals surface area contributed by atoms with Crippen molar-refractivity contribution in [3.8, 4) is 5.75 Å². The molecule has 0 spiro atoms. The molecule has 0 aromatic heterocycles. The quantitative estimate of drug-likeness (QED) is 0.560. The SMILES string of the molecule is CCOc1ccc(C)cc1C(Br)C(F)(F)C(F)F. The molecule has 6 heteroatoms. The van der Waals surface area contributed by atoms with Gasteiger partial charge in [0, 0.05) is 5.56 Å². The standard InChI is InChI=1S/C12H13BrF4O/c1-3-18-9-5-4-7(2)6-8(9)10(13)12(16,17)11(14)15/h4-6,10-11H,3H2,1-2H3. The number of hydrogen-bond acceptors (Lipinski definition) is 1. The average molecular weight is 329 g/mol. The van der Waals surface area contributed by atoms with Gasteiger partial charge in [0.05, 0.1) is 6.61 Å². The molecule has 1 atom stereocenters. The Morgan fingerprint density at radius 2 is 1.94 bits per heavy atom. The highest BCUT2D eigenvalue weighted by Gasteiger charge is 2.49. The second kappa shape index (κ2) is 5.91. The highest BCUT2D eigenvalue weighted by atomic mass is 79.9. The van der Waals surface area contributed by atoms with Gasteiger partial charge in [0.2, 0.25) is 0 Å². The summed E-state index contributed by atoms with van der Waals surface area (Å²) in [5, 5.41) is 0. The Morgan fingerprint density at radius 3 is 2.44 bits per heavy atom. The molecule has 1 nitrogen and oxygen atoms in total. The molecule has 0 saturated carbocycles. The normalized spacial score (nSPS) is 13.8. The van der Waals surface area contributed by atoms with E-state index in [-0.39, 0.29) is 17.9 Å². The van der Waals surface area contributed by atoms with E-state index in [9.17, 15) is 17.6 Å². The number of hydrogen-bond donors (Lipinski definition) is 0. The predicted molar refractivity (Wildman–Crippen MR) is 65.0 cm³/mol. The molecular formula is C12H13BrF4O. The van der Waals surface area contributed by atoms with Crippen molar-refractivity contribution in [2.24, 2.45) is 0 Å². The minimum atomic E-state index is -4.15. The number of halogens is 5. The van der Waals surface area contributed by atoms with Crippen molar-refractivity contribution in [3.05, 3.63) is 29.3 Å². The maximum atomic E-state index is 13.3. The molecular weight excluding hydrogens is 316 g/mol. The molecule has 1 unspecified atom stereocenters. The second-order valence-corrected chi connectivity index (χ2v) is 4.73. The van der Waals surface area contributed by atoms with Crippen LogP contribution in [0.5, 0.6) is 5.75 Å². The van der Waals surface area contributed by atoms with Crippen LogP contribution >= 0.6 is 15.9 Å². The minimum Gasteiger partial charge on any atom is -0.494 e. The monoisotopic (exact) mass is 328 g/mol. The van der Waals surface area contributed by atoms with E-state index in [0.717, 1.165) is 0 Å². The lowest BCUT2D eigenvalue weighted by molar-refractivity contribution is -0.128. The number of alkyl halides is 5. The fourth-order valence-electron chi connectivity index (χ4n) is 1.47. The van der Waals surface area contributed by atoms with Crippen molar-refractivity contribution in [3.63, 3.8) is 0 Å². The number of aryl methyl sites for hydroxylation is 1. The Morgan fingerprint density at radius 1 is 1.33 bits per heavy atom. The van der Waals surface area contributed by atoms with E-state index in [0.29, 0.717) is 5.56 Å². The third-order valence-electron chi connectivity index (χ3n) is 2.37. The summed E-state index contributed by atoms with van der Waals surface area (Å²) in [7, 11) is 0. The van der Waals surface area contributed by atoms with Crippen molar-refractivity contribution in [1.82, 2.24) is 0 Å². The smallest absolute Gasteiger partial charge is 0.323 e. The van der Waals surface area contributed by atoms with Gasteiger partial charge in [-0.25, -0.2) is 8.78 Å². The van der Waals surface area contributed by atoms with Crippen molar-refractivity contribution in [2.75, 3.05) is 6.61 Å². The molecule has 0 N–H and O–H groups in total. The molecule has 0 aliphatic heterocycles. The van der Waals surface area contributed by atoms with Crippen LogP contribution in [0.1, 0.15) is 22.9 Å². The number of benzene rings is 1. The topological polar surface area (TPSA) is 9.23 Å². The van der Waals surface area contributed by atoms with Crippen LogP contribution < -0.4 is 4.74 Å². The third kappa shape index (κ3) is 3.16. The largest absolute Gasteiger partial charge is 0.494 e. The summed E-state index contributed by atoms with van der Waals surface area (Å²) in [6.45, 7) is 3.66. The van der Waals surface area contributed by atoms with Crippen molar-refractivity contribution in [2.45, 2.75) is 31.0 Å². The highest BCUT2D eigenvalue weighted by molar-refractivity contribution is 9.09. The molecule has 0 aliphatic carbocycles. The van der Waals surface area contributed by atoms with E-state index in [1.165, 1.54) is 12.1 Å². The second-order valence-electron chi connectivity index (χ2n) is 3.81. The van der Waals surface area contributed by atoms with E-state index in [1.54, 1.807) is 19.9 Å². The Kier molecular flexibility index (Phi) is 5.01. The first-order valence-electron chi connectivity index (χ1n) is 5.34. The van der Waals surface area contributed by atoms with E-state index < -0.39 is 17.2 Å². The Hall–Kier alpha value is -0.780.